The van der Waals surface area contributed by atoms with E-state index >= 15 is 0 Å². The van der Waals surface area contributed by atoms with Gasteiger partial charge >= 0.3 is 0 Å². The van der Waals surface area contributed by atoms with Crippen molar-refractivity contribution < 1.29 is 18.9 Å². The third-order valence-corrected chi connectivity index (χ3v) is 1.71. The Morgan fingerprint density at radius 2 is 1.33 bits per heavy atom. The van der Waals surface area contributed by atoms with Crippen LogP contribution in [-0.4, -0.2) is 27.8 Å². The van der Waals surface area contributed by atoms with Gasteiger partial charge in [-0.15, -0.1) is 0 Å². The van der Waals surface area contributed by atoms with Gasteiger partial charge in [-0.1, -0.05) is 0 Å². The van der Waals surface area contributed by atoms with Gasteiger partial charge in [0.1, 0.15) is 11.5 Å². The Morgan fingerprint density at radius 3 is 1.73 bits per heavy atom. The highest BCUT2D eigenvalue weighted by molar-refractivity contribution is 5.37. The molecule has 4 heteroatoms. The van der Waals surface area contributed by atoms with E-state index in [0.717, 1.165) is 17.1 Å². The fourth-order valence-corrected chi connectivity index (χ4v) is 1.13. The zero-order chi connectivity index (χ0) is 11.1. The minimum Gasteiger partial charge on any atom is -0.467 e. The van der Waals surface area contributed by atoms with Crippen molar-refractivity contribution in [2.24, 2.45) is 0 Å². The van der Waals surface area contributed by atoms with Crippen molar-refractivity contribution in [3.05, 3.63) is 23.8 Å². The van der Waals surface area contributed by atoms with E-state index in [0.29, 0.717) is 0 Å². The molecule has 4 nitrogen and oxygen atoms in total. The monoisotopic (exact) mass is 212 g/mol. The summed E-state index contributed by atoms with van der Waals surface area (Å²) in [6, 6.07) is 5.63. The van der Waals surface area contributed by atoms with Gasteiger partial charge in [-0.05, 0) is 24.6 Å². The lowest BCUT2D eigenvalue weighted by Gasteiger charge is -2.09. The van der Waals surface area contributed by atoms with Crippen molar-refractivity contribution in [1.29, 1.82) is 0 Å². The lowest BCUT2D eigenvalue weighted by Crippen LogP contribution is -2.01. The fraction of sp³-hybridized carbons (Fsp3) is 0.455. The summed E-state index contributed by atoms with van der Waals surface area (Å²) in [5, 5.41) is 0. The number of ether oxygens (including phenoxy) is 4. The molecule has 0 aliphatic carbocycles. The van der Waals surface area contributed by atoms with Crippen LogP contribution in [-0.2, 0) is 9.47 Å². The molecule has 0 unspecified atom stereocenters. The number of aryl methyl sites for hydroxylation is 1. The number of rotatable bonds is 6. The average molecular weight is 212 g/mol. The van der Waals surface area contributed by atoms with E-state index in [9.17, 15) is 0 Å². The Labute approximate surface area is 89.7 Å². The van der Waals surface area contributed by atoms with Crippen LogP contribution in [0.15, 0.2) is 18.2 Å². The van der Waals surface area contributed by atoms with Gasteiger partial charge in [0.25, 0.3) is 0 Å². The molecule has 0 N–H and O–H groups in total. The number of hydrogen-bond acceptors (Lipinski definition) is 4. The molecule has 1 rings (SSSR count). The van der Waals surface area contributed by atoms with Gasteiger partial charge in [-0.3, -0.25) is 0 Å². The van der Waals surface area contributed by atoms with Crippen LogP contribution in [0.3, 0.4) is 0 Å². The van der Waals surface area contributed by atoms with Gasteiger partial charge in [0.15, 0.2) is 13.6 Å². The second-order valence-corrected chi connectivity index (χ2v) is 3.08. The highest BCUT2D eigenvalue weighted by Crippen LogP contribution is 2.22. The highest BCUT2D eigenvalue weighted by atomic mass is 16.7. The minimum absolute atomic E-state index is 0.229. The summed E-state index contributed by atoms with van der Waals surface area (Å²) in [7, 11) is 3.16. The van der Waals surface area contributed by atoms with Crippen LogP contribution in [0.5, 0.6) is 11.5 Å². The van der Waals surface area contributed by atoms with Gasteiger partial charge in [0.05, 0.1) is 0 Å². The molecule has 0 saturated carbocycles. The Balaban J connectivity index is 2.66. The molecule has 15 heavy (non-hydrogen) atoms. The number of methoxy groups -OCH3 is 2. The SMILES string of the molecule is COCOc1cc(C)cc(OCOC)c1. The molecular weight excluding hydrogens is 196 g/mol. The first-order valence-electron chi connectivity index (χ1n) is 4.61. The smallest absolute Gasteiger partial charge is 0.188 e. The van der Waals surface area contributed by atoms with Crippen LogP contribution in [0.1, 0.15) is 5.56 Å². The standard InChI is InChI=1S/C11H16O4/c1-9-4-10(14-7-12-2)6-11(5-9)15-8-13-3/h4-6H,7-8H2,1-3H3. The molecule has 84 valence electrons. The lowest BCUT2D eigenvalue weighted by molar-refractivity contribution is 0.0460. The van der Waals surface area contributed by atoms with Crippen LogP contribution < -0.4 is 9.47 Å². The number of hydrogen-bond donors (Lipinski definition) is 0. The predicted octanol–water partition coefficient (Wildman–Crippen LogP) is 1.96. The first-order chi connectivity index (χ1) is 7.26. The molecule has 0 amide bonds. The molecule has 0 bridgehead atoms. The molecule has 1 aromatic carbocycles. The first kappa shape index (κ1) is 11.8. The van der Waals surface area contributed by atoms with E-state index in [1.54, 1.807) is 20.3 Å². The minimum atomic E-state index is 0.229. The molecule has 0 aliphatic heterocycles. The molecule has 0 atom stereocenters. The Hall–Kier alpha value is -1.26. The molecule has 0 radical (unpaired) electrons. The maximum absolute atomic E-state index is 5.31. The molecule has 0 saturated heterocycles. The van der Waals surface area contributed by atoms with E-state index in [1.165, 1.54) is 0 Å². The first-order valence-corrected chi connectivity index (χ1v) is 4.61. The molecule has 1 aromatic rings. The van der Waals surface area contributed by atoms with Crippen LogP contribution in [0.4, 0.5) is 0 Å². The molecule has 0 heterocycles. The van der Waals surface area contributed by atoms with Gasteiger partial charge < -0.3 is 18.9 Å². The maximum Gasteiger partial charge on any atom is 0.188 e. The van der Waals surface area contributed by atoms with E-state index in [4.69, 9.17) is 18.9 Å². The topological polar surface area (TPSA) is 36.9 Å². The third-order valence-electron chi connectivity index (χ3n) is 1.71. The summed E-state index contributed by atoms with van der Waals surface area (Å²) in [5.41, 5.74) is 1.06. The molecular formula is C11H16O4. The van der Waals surface area contributed by atoms with Crippen LogP contribution >= 0.6 is 0 Å². The van der Waals surface area contributed by atoms with Crippen molar-refractivity contribution >= 4 is 0 Å². The molecule has 0 spiro atoms. The van der Waals surface area contributed by atoms with Gasteiger partial charge in [0, 0.05) is 20.3 Å². The van der Waals surface area contributed by atoms with E-state index in [1.807, 2.05) is 19.1 Å². The van der Waals surface area contributed by atoms with E-state index < -0.39 is 0 Å². The van der Waals surface area contributed by atoms with Crippen molar-refractivity contribution in [2.75, 3.05) is 27.8 Å². The second-order valence-electron chi connectivity index (χ2n) is 3.08. The van der Waals surface area contributed by atoms with E-state index in [2.05, 4.69) is 0 Å². The molecule has 0 fully saturated rings. The third kappa shape index (κ3) is 4.18. The zero-order valence-corrected chi connectivity index (χ0v) is 9.28. The largest absolute Gasteiger partial charge is 0.467 e. The normalized spacial score (nSPS) is 10.1. The summed E-state index contributed by atoms with van der Waals surface area (Å²) in [4.78, 5) is 0. The Morgan fingerprint density at radius 1 is 0.867 bits per heavy atom. The predicted molar refractivity (Wildman–Crippen MR) is 56.2 cm³/mol. The van der Waals surface area contributed by atoms with Crippen molar-refractivity contribution in [3.63, 3.8) is 0 Å². The summed E-state index contributed by atoms with van der Waals surface area (Å²) in [6.07, 6.45) is 0. The van der Waals surface area contributed by atoms with Crippen molar-refractivity contribution in [3.8, 4) is 11.5 Å². The second kappa shape index (κ2) is 6.27. The molecule has 0 aromatic heterocycles. The van der Waals surface area contributed by atoms with Gasteiger partial charge in [0.2, 0.25) is 0 Å². The summed E-state index contributed by atoms with van der Waals surface area (Å²) >= 11 is 0. The van der Waals surface area contributed by atoms with Crippen molar-refractivity contribution in [1.82, 2.24) is 0 Å². The summed E-state index contributed by atoms with van der Waals surface area (Å²) < 4.78 is 20.3. The van der Waals surface area contributed by atoms with Crippen LogP contribution in [0.25, 0.3) is 0 Å². The summed E-state index contributed by atoms with van der Waals surface area (Å²) in [5.74, 6) is 1.45. The highest BCUT2D eigenvalue weighted by Gasteiger charge is 2.00. The maximum atomic E-state index is 5.31. The average Bonchev–Trinajstić information content (AvgIpc) is 2.23. The Kier molecular flexibility index (Phi) is 4.93. The summed E-state index contributed by atoms with van der Waals surface area (Å²) in [6.45, 7) is 2.43. The number of benzene rings is 1. The van der Waals surface area contributed by atoms with Crippen LogP contribution in [0.2, 0.25) is 0 Å². The van der Waals surface area contributed by atoms with Gasteiger partial charge in [-0.2, -0.15) is 0 Å². The zero-order valence-electron chi connectivity index (χ0n) is 9.28. The van der Waals surface area contributed by atoms with Crippen molar-refractivity contribution in [2.45, 2.75) is 6.92 Å². The fourth-order valence-electron chi connectivity index (χ4n) is 1.13. The quantitative estimate of drug-likeness (QED) is 0.675. The van der Waals surface area contributed by atoms with Crippen LogP contribution in [0, 0.1) is 6.92 Å². The Bertz CT molecular complexity index is 272. The van der Waals surface area contributed by atoms with E-state index in [-0.39, 0.29) is 13.6 Å². The van der Waals surface area contributed by atoms with Gasteiger partial charge in [-0.25, -0.2) is 0 Å². The lowest BCUT2D eigenvalue weighted by atomic mass is 10.2. The molecule has 0 aliphatic rings.